The number of rotatable bonds is 8. The van der Waals surface area contributed by atoms with Crippen LogP contribution in [0.2, 0.25) is 0 Å². The Morgan fingerprint density at radius 3 is 2.48 bits per heavy atom. The van der Waals surface area contributed by atoms with Crippen LogP contribution in [0, 0.1) is 0 Å². The number of methoxy groups -OCH3 is 2. The highest BCUT2D eigenvalue weighted by molar-refractivity contribution is 6.01. The van der Waals surface area contributed by atoms with E-state index < -0.39 is 30.3 Å². The first-order chi connectivity index (χ1) is 13.8. The van der Waals surface area contributed by atoms with Crippen LogP contribution >= 0.6 is 0 Å². The number of nitrogens with zero attached hydrogens (tertiary/aromatic N) is 1. The van der Waals surface area contributed by atoms with Crippen LogP contribution in [-0.4, -0.2) is 56.6 Å². The maximum Gasteiger partial charge on any atom is 0.250 e. The second kappa shape index (κ2) is 8.67. The van der Waals surface area contributed by atoms with E-state index in [1.165, 1.54) is 6.08 Å². The summed E-state index contributed by atoms with van der Waals surface area (Å²) < 4.78 is 29.1. The molecular formula is C22H29NO6. The van der Waals surface area contributed by atoms with Gasteiger partial charge in [-0.25, -0.2) is 0 Å². The summed E-state index contributed by atoms with van der Waals surface area (Å²) in [6, 6.07) is 6.86. The average molecular weight is 403 g/mol. The van der Waals surface area contributed by atoms with Crippen molar-refractivity contribution in [3.05, 3.63) is 49.6 Å². The van der Waals surface area contributed by atoms with Crippen LogP contribution < -0.4 is 9.64 Å². The molecule has 3 rings (SSSR count). The minimum atomic E-state index is -0.752. The van der Waals surface area contributed by atoms with Crippen molar-refractivity contribution in [2.24, 2.45) is 0 Å². The van der Waals surface area contributed by atoms with Gasteiger partial charge >= 0.3 is 0 Å². The van der Waals surface area contributed by atoms with E-state index in [1.54, 1.807) is 37.3 Å². The van der Waals surface area contributed by atoms with Gasteiger partial charge in [0.1, 0.15) is 24.1 Å². The summed E-state index contributed by atoms with van der Waals surface area (Å²) in [7, 11) is 3.20. The fraction of sp³-hybridized carbons (Fsp3) is 0.500. The molecule has 7 nitrogen and oxygen atoms in total. The number of carbonyl (C=O) groups excluding carboxylic acids is 1. The van der Waals surface area contributed by atoms with Crippen molar-refractivity contribution >= 4 is 11.6 Å². The standard InChI is InChI=1S/C22H29NO6/c1-7-9-16(18-19(26-6)20-21(27-18)29-22(3,4)28-20)23(17(24)8-2)14-10-12-15(25-5)13-11-14/h7-8,10-13,16,18-21H,1-2,9H2,3-6H3/t16-,18+,19-,20+,21+/m0/s1. The molecule has 0 saturated carbocycles. The predicted octanol–water partition coefficient (Wildman–Crippen LogP) is 3.05. The van der Waals surface area contributed by atoms with Crippen molar-refractivity contribution in [1.29, 1.82) is 0 Å². The van der Waals surface area contributed by atoms with Crippen molar-refractivity contribution in [2.45, 2.75) is 56.7 Å². The van der Waals surface area contributed by atoms with E-state index in [2.05, 4.69) is 13.2 Å². The van der Waals surface area contributed by atoms with Crippen molar-refractivity contribution in [3.8, 4) is 5.75 Å². The van der Waals surface area contributed by atoms with Gasteiger partial charge in [0.15, 0.2) is 12.1 Å². The summed E-state index contributed by atoms with van der Waals surface area (Å²) in [6.45, 7) is 11.2. The lowest BCUT2D eigenvalue weighted by Crippen LogP contribution is -2.52. The lowest BCUT2D eigenvalue weighted by Gasteiger charge is -2.37. The summed E-state index contributed by atoms with van der Waals surface area (Å²) in [4.78, 5) is 14.5. The van der Waals surface area contributed by atoms with Crippen LogP contribution in [0.1, 0.15) is 20.3 Å². The Morgan fingerprint density at radius 2 is 1.93 bits per heavy atom. The first kappa shape index (κ1) is 21.5. The van der Waals surface area contributed by atoms with E-state index in [0.717, 1.165) is 0 Å². The Labute approximate surface area is 171 Å². The van der Waals surface area contributed by atoms with E-state index in [4.69, 9.17) is 23.7 Å². The molecule has 0 radical (unpaired) electrons. The number of anilines is 1. The Kier molecular flexibility index (Phi) is 6.43. The molecule has 1 amide bonds. The largest absolute Gasteiger partial charge is 0.497 e. The number of amides is 1. The molecule has 29 heavy (non-hydrogen) atoms. The number of ether oxygens (including phenoxy) is 5. The fourth-order valence-electron chi connectivity index (χ4n) is 3.96. The van der Waals surface area contributed by atoms with E-state index in [1.807, 2.05) is 26.0 Å². The summed E-state index contributed by atoms with van der Waals surface area (Å²) in [5.41, 5.74) is 0.695. The molecule has 2 saturated heterocycles. The van der Waals surface area contributed by atoms with Crippen molar-refractivity contribution in [1.82, 2.24) is 0 Å². The van der Waals surface area contributed by atoms with Crippen LogP contribution in [-0.2, 0) is 23.7 Å². The van der Waals surface area contributed by atoms with Crippen LogP contribution in [0.5, 0.6) is 5.75 Å². The van der Waals surface area contributed by atoms with Gasteiger partial charge in [-0.1, -0.05) is 12.7 Å². The summed E-state index contributed by atoms with van der Waals surface area (Å²) >= 11 is 0. The second-order valence-electron chi connectivity index (χ2n) is 7.47. The topological polar surface area (TPSA) is 66.5 Å². The Balaban J connectivity index is 1.95. The highest BCUT2D eigenvalue weighted by atomic mass is 16.8. The Hall–Kier alpha value is -2.19. The Morgan fingerprint density at radius 1 is 1.24 bits per heavy atom. The van der Waals surface area contributed by atoms with Crippen LogP contribution in [0.3, 0.4) is 0 Å². The maximum absolute atomic E-state index is 12.9. The molecular weight excluding hydrogens is 374 g/mol. The van der Waals surface area contributed by atoms with E-state index in [-0.39, 0.29) is 12.0 Å². The van der Waals surface area contributed by atoms with Gasteiger partial charge < -0.3 is 28.6 Å². The number of benzene rings is 1. The van der Waals surface area contributed by atoms with Crippen molar-refractivity contribution in [3.63, 3.8) is 0 Å². The molecule has 0 aromatic heterocycles. The maximum atomic E-state index is 12.9. The molecule has 0 aliphatic carbocycles. The van der Waals surface area contributed by atoms with Gasteiger partial charge in [0.05, 0.1) is 13.2 Å². The average Bonchev–Trinajstić information content (AvgIpc) is 3.18. The van der Waals surface area contributed by atoms with E-state index >= 15 is 0 Å². The van der Waals surface area contributed by atoms with Crippen molar-refractivity contribution < 1.29 is 28.5 Å². The van der Waals surface area contributed by atoms with Gasteiger partial charge in [-0.2, -0.15) is 0 Å². The quantitative estimate of drug-likeness (QED) is 0.491. The third-order valence-corrected chi connectivity index (χ3v) is 5.18. The van der Waals surface area contributed by atoms with Gasteiger partial charge in [0.2, 0.25) is 0 Å². The highest BCUT2D eigenvalue weighted by Crippen LogP contribution is 2.41. The molecule has 1 aromatic rings. The summed E-state index contributed by atoms with van der Waals surface area (Å²) in [5, 5.41) is 0. The lowest BCUT2D eigenvalue weighted by atomic mass is 9.98. The SMILES string of the molecule is C=CC[C@@H]([C@H]1O[C@@H]2OC(C)(C)O[C@@H]2[C@H]1OC)N(C(=O)C=C)c1ccc(OC)cc1. The Bertz CT molecular complexity index is 746. The molecule has 1 aromatic carbocycles. The normalized spacial score (nSPS) is 28.4. The fourth-order valence-corrected chi connectivity index (χ4v) is 3.96. The number of hydrogen-bond acceptors (Lipinski definition) is 6. The van der Waals surface area contributed by atoms with Crippen molar-refractivity contribution in [2.75, 3.05) is 19.1 Å². The first-order valence-corrected chi connectivity index (χ1v) is 9.59. The summed E-state index contributed by atoms with van der Waals surface area (Å²) in [5.74, 6) is -0.303. The van der Waals surface area contributed by atoms with Gasteiger partial charge in [0.25, 0.3) is 5.91 Å². The second-order valence-corrected chi connectivity index (χ2v) is 7.47. The molecule has 2 aliphatic heterocycles. The third-order valence-electron chi connectivity index (χ3n) is 5.18. The molecule has 2 aliphatic rings. The lowest BCUT2D eigenvalue weighted by molar-refractivity contribution is -0.218. The van der Waals surface area contributed by atoms with Crippen LogP contribution in [0.25, 0.3) is 0 Å². The summed E-state index contributed by atoms with van der Waals surface area (Å²) in [6.07, 6.45) is 1.69. The highest BCUT2D eigenvalue weighted by Gasteiger charge is 2.57. The van der Waals surface area contributed by atoms with Crippen LogP contribution in [0.4, 0.5) is 5.69 Å². The molecule has 0 spiro atoms. The number of carbonyl (C=O) groups is 1. The monoisotopic (exact) mass is 403 g/mol. The number of hydrogen-bond donors (Lipinski definition) is 0. The van der Waals surface area contributed by atoms with E-state index in [0.29, 0.717) is 17.9 Å². The first-order valence-electron chi connectivity index (χ1n) is 9.59. The molecule has 5 atom stereocenters. The molecule has 0 N–H and O–H groups in total. The smallest absolute Gasteiger partial charge is 0.250 e. The van der Waals surface area contributed by atoms with Gasteiger partial charge in [-0.05, 0) is 50.6 Å². The zero-order valence-corrected chi connectivity index (χ0v) is 17.4. The number of fused-ring (bicyclic) bond motifs is 1. The molecule has 0 bridgehead atoms. The third kappa shape index (κ3) is 4.23. The van der Waals surface area contributed by atoms with Gasteiger partial charge in [-0.3, -0.25) is 4.79 Å². The molecule has 2 fully saturated rings. The van der Waals surface area contributed by atoms with Crippen LogP contribution in [0.15, 0.2) is 49.6 Å². The van der Waals surface area contributed by atoms with Gasteiger partial charge in [0, 0.05) is 12.8 Å². The zero-order chi connectivity index (χ0) is 21.2. The minimum absolute atomic E-state index is 0.250. The zero-order valence-electron chi connectivity index (χ0n) is 17.4. The molecule has 2 heterocycles. The molecule has 7 heteroatoms. The van der Waals surface area contributed by atoms with Gasteiger partial charge in [-0.15, -0.1) is 6.58 Å². The molecule has 0 unspecified atom stereocenters. The minimum Gasteiger partial charge on any atom is -0.497 e. The molecule has 158 valence electrons. The predicted molar refractivity (Wildman–Crippen MR) is 109 cm³/mol. The van der Waals surface area contributed by atoms with E-state index in [9.17, 15) is 4.79 Å².